The van der Waals surface area contributed by atoms with Gasteiger partial charge in [0.15, 0.2) is 0 Å². The van der Waals surface area contributed by atoms with Crippen molar-refractivity contribution in [2.45, 2.75) is 38.1 Å². The van der Waals surface area contributed by atoms with Crippen LogP contribution in [0.4, 0.5) is 0 Å². The van der Waals surface area contributed by atoms with Gasteiger partial charge in [-0.25, -0.2) is 4.98 Å². The molecule has 0 saturated heterocycles. The zero-order valence-corrected chi connectivity index (χ0v) is 11.4. The van der Waals surface area contributed by atoms with Crippen molar-refractivity contribution in [1.29, 1.82) is 0 Å². The van der Waals surface area contributed by atoms with E-state index < -0.39 is 0 Å². The number of hydrogen-bond donors (Lipinski definition) is 1. The Balaban J connectivity index is 2.00. The molecule has 1 aliphatic rings. The fourth-order valence-corrected chi connectivity index (χ4v) is 3.75. The molecular weight excluding hydrogens is 244 g/mol. The van der Waals surface area contributed by atoms with Crippen molar-refractivity contribution in [3.8, 4) is 5.75 Å². The smallest absolute Gasteiger partial charge is 0.120 e. The maximum atomic E-state index is 6.46. The summed E-state index contributed by atoms with van der Waals surface area (Å²) in [4.78, 5) is 4.71. The quantitative estimate of drug-likeness (QED) is 0.922. The van der Waals surface area contributed by atoms with E-state index in [1.165, 1.54) is 17.5 Å². The van der Waals surface area contributed by atoms with Gasteiger partial charge in [0.2, 0.25) is 0 Å². The maximum absolute atomic E-state index is 6.46. The van der Waals surface area contributed by atoms with Gasteiger partial charge in [-0.1, -0.05) is 12.8 Å². The second kappa shape index (κ2) is 4.52. The van der Waals surface area contributed by atoms with Crippen molar-refractivity contribution in [3.63, 3.8) is 0 Å². The lowest BCUT2D eigenvalue weighted by molar-refractivity contribution is 0.341. The highest BCUT2D eigenvalue weighted by molar-refractivity contribution is 7.18. The van der Waals surface area contributed by atoms with Crippen LogP contribution in [-0.2, 0) is 5.54 Å². The molecule has 0 aliphatic heterocycles. The summed E-state index contributed by atoms with van der Waals surface area (Å²) in [5.41, 5.74) is 7.31. The lowest BCUT2D eigenvalue weighted by Crippen LogP contribution is -2.32. The fourth-order valence-electron chi connectivity index (χ4n) is 2.59. The molecule has 96 valence electrons. The van der Waals surface area contributed by atoms with Gasteiger partial charge in [-0.3, -0.25) is 0 Å². The first-order valence-corrected chi connectivity index (χ1v) is 7.36. The van der Waals surface area contributed by atoms with Gasteiger partial charge in [-0.05, 0) is 38.0 Å². The Morgan fingerprint density at radius 1 is 1.39 bits per heavy atom. The van der Waals surface area contributed by atoms with Crippen molar-refractivity contribution < 1.29 is 4.74 Å². The maximum Gasteiger partial charge on any atom is 0.120 e. The molecule has 0 radical (unpaired) electrons. The summed E-state index contributed by atoms with van der Waals surface area (Å²) in [5, 5.41) is 1.09. The molecule has 0 atom stereocenters. The Bertz CT molecular complexity index is 558. The molecule has 3 nitrogen and oxygen atoms in total. The van der Waals surface area contributed by atoms with Gasteiger partial charge < -0.3 is 10.5 Å². The normalized spacial score (nSPS) is 18.3. The van der Waals surface area contributed by atoms with E-state index in [-0.39, 0.29) is 5.54 Å². The Morgan fingerprint density at radius 3 is 2.89 bits per heavy atom. The molecule has 1 aromatic carbocycles. The Hall–Kier alpha value is -1.13. The molecule has 0 bridgehead atoms. The van der Waals surface area contributed by atoms with Gasteiger partial charge in [0.05, 0.1) is 22.4 Å². The van der Waals surface area contributed by atoms with E-state index in [2.05, 4.69) is 6.07 Å². The zero-order valence-electron chi connectivity index (χ0n) is 10.6. The van der Waals surface area contributed by atoms with E-state index >= 15 is 0 Å². The molecule has 1 aromatic heterocycles. The number of nitrogens with two attached hydrogens (primary N) is 1. The Labute approximate surface area is 111 Å². The molecule has 2 aromatic rings. The first kappa shape index (κ1) is 11.9. The predicted molar refractivity (Wildman–Crippen MR) is 75.1 cm³/mol. The average molecular weight is 262 g/mol. The SMILES string of the molecule is CCOc1ccc2nc(C3(N)CCCC3)sc2c1. The standard InChI is InChI=1S/C14H18N2OS/c1-2-17-10-5-6-11-12(9-10)18-13(16-11)14(15)7-3-4-8-14/h5-6,9H,2-4,7-8,15H2,1H3. The zero-order chi connectivity index (χ0) is 12.6. The predicted octanol–water partition coefficient (Wildman–Crippen LogP) is 3.42. The Kier molecular flexibility index (Phi) is 2.99. The van der Waals surface area contributed by atoms with E-state index in [0.29, 0.717) is 6.61 Å². The minimum absolute atomic E-state index is 0.185. The number of rotatable bonds is 3. The van der Waals surface area contributed by atoms with Crippen LogP contribution in [0.3, 0.4) is 0 Å². The van der Waals surface area contributed by atoms with Crippen molar-refractivity contribution >= 4 is 21.6 Å². The van der Waals surface area contributed by atoms with Gasteiger partial charge in [0.1, 0.15) is 10.8 Å². The lowest BCUT2D eigenvalue weighted by atomic mass is 10.0. The summed E-state index contributed by atoms with van der Waals surface area (Å²) in [7, 11) is 0. The summed E-state index contributed by atoms with van der Waals surface area (Å²) >= 11 is 1.72. The van der Waals surface area contributed by atoms with Crippen LogP contribution >= 0.6 is 11.3 Å². The third kappa shape index (κ3) is 1.99. The average Bonchev–Trinajstić information content (AvgIpc) is 2.96. The summed E-state index contributed by atoms with van der Waals surface area (Å²) < 4.78 is 6.70. The molecule has 0 unspecified atom stereocenters. The molecule has 1 saturated carbocycles. The van der Waals surface area contributed by atoms with Gasteiger partial charge in [0, 0.05) is 0 Å². The van der Waals surface area contributed by atoms with Crippen LogP contribution < -0.4 is 10.5 Å². The molecular formula is C14H18N2OS. The van der Waals surface area contributed by atoms with Gasteiger partial charge in [-0.2, -0.15) is 0 Å². The molecule has 18 heavy (non-hydrogen) atoms. The van der Waals surface area contributed by atoms with Crippen LogP contribution in [0.1, 0.15) is 37.6 Å². The molecule has 4 heteroatoms. The highest BCUT2D eigenvalue weighted by Crippen LogP contribution is 2.40. The van der Waals surface area contributed by atoms with Crippen molar-refractivity contribution in [2.24, 2.45) is 5.73 Å². The summed E-state index contributed by atoms with van der Waals surface area (Å²) in [6.45, 7) is 2.69. The molecule has 2 N–H and O–H groups in total. The van der Waals surface area contributed by atoms with Crippen LogP contribution in [-0.4, -0.2) is 11.6 Å². The van der Waals surface area contributed by atoms with E-state index in [1.807, 2.05) is 19.1 Å². The number of benzene rings is 1. The summed E-state index contributed by atoms with van der Waals surface area (Å²) in [5.74, 6) is 0.915. The number of hydrogen-bond acceptors (Lipinski definition) is 4. The number of thiazole rings is 1. The molecule has 1 fully saturated rings. The molecule has 3 rings (SSSR count). The fraction of sp³-hybridized carbons (Fsp3) is 0.500. The van der Waals surface area contributed by atoms with E-state index in [9.17, 15) is 0 Å². The summed E-state index contributed by atoms with van der Waals surface area (Å²) in [6.07, 6.45) is 4.56. The van der Waals surface area contributed by atoms with Crippen LogP contribution in [0, 0.1) is 0 Å². The van der Waals surface area contributed by atoms with Gasteiger partial charge >= 0.3 is 0 Å². The van der Waals surface area contributed by atoms with Crippen molar-refractivity contribution in [1.82, 2.24) is 4.98 Å². The second-order valence-corrected chi connectivity index (χ2v) is 5.98. The number of fused-ring (bicyclic) bond motifs is 1. The first-order valence-electron chi connectivity index (χ1n) is 6.54. The number of ether oxygens (including phenoxy) is 1. The number of aromatic nitrogens is 1. The van der Waals surface area contributed by atoms with Crippen LogP contribution in [0.15, 0.2) is 18.2 Å². The van der Waals surface area contributed by atoms with Gasteiger partial charge in [0.25, 0.3) is 0 Å². The summed E-state index contributed by atoms with van der Waals surface area (Å²) in [6, 6.07) is 6.07. The monoisotopic (exact) mass is 262 g/mol. The van der Waals surface area contributed by atoms with Crippen LogP contribution in [0.25, 0.3) is 10.2 Å². The molecule has 1 aliphatic carbocycles. The number of nitrogens with zero attached hydrogens (tertiary/aromatic N) is 1. The third-order valence-corrected chi connectivity index (χ3v) is 4.83. The van der Waals surface area contributed by atoms with Crippen molar-refractivity contribution in [3.05, 3.63) is 23.2 Å². The van der Waals surface area contributed by atoms with Gasteiger partial charge in [-0.15, -0.1) is 11.3 Å². The minimum Gasteiger partial charge on any atom is -0.494 e. The van der Waals surface area contributed by atoms with E-state index in [1.54, 1.807) is 11.3 Å². The van der Waals surface area contributed by atoms with Crippen LogP contribution in [0.5, 0.6) is 5.75 Å². The van der Waals surface area contributed by atoms with Crippen molar-refractivity contribution in [2.75, 3.05) is 6.61 Å². The minimum atomic E-state index is -0.185. The molecule has 1 heterocycles. The third-order valence-electron chi connectivity index (χ3n) is 3.59. The largest absolute Gasteiger partial charge is 0.494 e. The lowest BCUT2D eigenvalue weighted by Gasteiger charge is -2.19. The highest BCUT2D eigenvalue weighted by Gasteiger charge is 2.34. The first-order chi connectivity index (χ1) is 8.71. The van der Waals surface area contributed by atoms with E-state index in [0.717, 1.165) is 29.1 Å². The Morgan fingerprint density at radius 2 is 2.17 bits per heavy atom. The van der Waals surface area contributed by atoms with Crippen LogP contribution in [0.2, 0.25) is 0 Å². The topological polar surface area (TPSA) is 48.1 Å². The second-order valence-electron chi connectivity index (χ2n) is 4.94. The molecule has 0 spiro atoms. The molecule has 0 amide bonds. The highest BCUT2D eigenvalue weighted by atomic mass is 32.1. The van der Waals surface area contributed by atoms with E-state index in [4.69, 9.17) is 15.5 Å².